The van der Waals surface area contributed by atoms with Crippen LogP contribution in [0.1, 0.15) is 11.3 Å². The summed E-state index contributed by atoms with van der Waals surface area (Å²) < 4.78 is 10.9. The lowest BCUT2D eigenvalue weighted by atomic mass is 9.83. The fraction of sp³-hybridized carbons (Fsp3) is 0.519. The number of nitrogens with one attached hydrogen (secondary N) is 1. The van der Waals surface area contributed by atoms with E-state index in [0.29, 0.717) is 58.8 Å². The average molecular weight is 494 g/mol. The van der Waals surface area contributed by atoms with E-state index < -0.39 is 0 Å². The number of methoxy groups -OCH3 is 1. The highest BCUT2D eigenvalue weighted by Gasteiger charge is 2.42. The highest BCUT2D eigenvalue weighted by atomic mass is 16.5. The van der Waals surface area contributed by atoms with Crippen molar-refractivity contribution in [3.63, 3.8) is 0 Å². The summed E-state index contributed by atoms with van der Waals surface area (Å²) in [4.78, 5) is 37.2. The molecule has 2 amide bonds. The number of morpholine rings is 1. The maximum Gasteiger partial charge on any atom is 0.236 e. The van der Waals surface area contributed by atoms with Crippen LogP contribution in [-0.2, 0) is 27.2 Å². The first kappa shape index (κ1) is 24.5. The first-order valence-corrected chi connectivity index (χ1v) is 12.8. The van der Waals surface area contributed by atoms with Crippen LogP contribution < -0.4 is 15.0 Å². The SMILES string of the molecule is COc1ccc2c(c1)N1CCN(CC(=O)N3CCOCC3)C[C@@H]1[C@H](C(=O)NCCc1ccccn1)C2. The van der Waals surface area contributed by atoms with Gasteiger partial charge in [0.1, 0.15) is 5.75 Å². The summed E-state index contributed by atoms with van der Waals surface area (Å²) in [5, 5.41) is 3.16. The molecular weight excluding hydrogens is 458 g/mol. The molecule has 1 aromatic carbocycles. The van der Waals surface area contributed by atoms with E-state index >= 15 is 0 Å². The fourth-order valence-corrected chi connectivity index (χ4v) is 5.50. The molecule has 0 bridgehead atoms. The van der Waals surface area contributed by atoms with Crippen LogP contribution in [0.2, 0.25) is 0 Å². The number of carbonyl (C=O) groups is 2. The summed E-state index contributed by atoms with van der Waals surface area (Å²) in [6.07, 6.45) is 3.14. The molecule has 5 rings (SSSR count). The number of anilines is 1. The van der Waals surface area contributed by atoms with Gasteiger partial charge in [0.15, 0.2) is 0 Å². The van der Waals surface area contributed by atoms with Gasteiger partial charge in [0.05, 0.1) is 38.8 Å². The molecule has 1 N–H and O–H groups in total. The summed E-state index contributed by atoms with van der Waals surface area (Å²) in [6.45, 7) is 5.63. The van der Waals surface area contributed by atoms with Gasteiger partial charge in [-0.25, -0.2) is 0 Å². The molecule has 9 nitrogen and oxygen atoms in total. The monoisotopic (exact) mass is 493 g/mol. The second-order valence-corrected chi connectivity index (χ2v) is 9.66. The van der Waals surface area contributed by atoms with Crippen LogP contribution in [0, 0.1) is 5.92 Å². The Bertz CT molecular complexity index is 1060. The normalized spacial score (nSPS) is 21.9. The Balaban J connectivity index is 1.29. The predicted molar refractivity (Wildman–Crippen MR) is 136 cm³/mol. The Morgan fingerprint density at radius 1 is 1.14 bits per heavy atom. The molecule has 0 spiro atoms. The zero-order chi connectivity index (χ0) is 24.9. The van der Waals surface area contributed by atoms with Gasteiger partial charge in [-0.3, -0.25) is 19.5 Å². The molecule has 2 atom stereocenters. The molecule has 9 heteroatoms. The average Bonchev–Trinajstić information content (AvgIpc) is 2.93. The predicted octanol–water partition coefficient (Wildman–Crippen LogP) is 0.971. The van der Waals surface area contributed by atoms with Gasteiger partial charge in [-0.05, 0) is 30.2 Å². The van der Waals surface area contributed by atoms with E-state index in [1.54, 1.807) is 13.3 Å². The highest BCUT2D eigenvalue weighted by Crippen LogP contribution is 2.38. The van der Waals surface area contributed by atoms with Gasteiger partial charge in [-0.2, -0.15) is 0 Å². The maximum atomic E-state index is 13.5. The van der Waals surface area contributed by atoms with Crippen molar-refractivity contribution in [2.45, 2.75) is 18.9 Å². The van der Waals surface area contributed by atoms with Crippen molar-refractivity contribution >= 4 is 17.5 Å². The van der Waals surface area contributed by atoms with Crippen molar-refractivity contribution in [1.82, 2.24) is 20.1 Å². The van der Waals surface area contributed by atoms with Crippen molar-refractivity contribution in [3.8, 4) is 5.75 Å². The number of hydrogen-bond donors (Lipinski definition) is 1. The number of rotatable bonds is 7. The van der Waals surface area contributed by atoms with Crippen molar-refractivity contribution in [3.05, 3.63) is 53.9 Å². The molecule has 1 aromatic heterocycles. The number of piperazine rings is 1. The standard InChI is InChI=1S/C27H35N5O4/c1-35-22-6-5-20-16-23(27(34)29-9-7-21-4-2-3-8-28-21)25-18-30(10-11-32(25)24(20)17-22)19-26(33)31-12-14-36-15-13-31/h2-6,8,17,23,25H,7,9-16,18-19H2,1H3,(H,29,34)/t23-,25-/m1/s1. The third kappa shape index (κ3) is 5.47. The van der Waals surface area contributed by atoms with E-state index in [1.807, 2.05) is 29.2 Å². The van der Waals surface area contributed by atoms with Gasteiger partial charge in [-0.1, -0.05) is 12.1 Å². The molecule has 0 aliphatic carbocycles. The van der Waals surface area contributed by atoms with E-state index in [-0.39, 0.29) is 23.8 Å². The Hall–Kier alpha value is -3.17. The number of aromatic nitrogens is 1. The molecule has 2 aromatic rings. The lowest BCUT2D eigenvalue weighted by Crippen LogP contribution is -2.62. The van der Waals surface area contributed by atoms with Crippen LogP contribution in [0.3, 0.4) is 0 Å². The number of benzene rings is 1. The minimum Gasteiger partial charge on any atom is -0.497 e. The zero-order valence-corrected chi connectivity index (χ0v) is 20.9. The minimum atomic E-state index is -0.198. The third-order valence-electron chi connectivity index (χ3n) is 7.47. The number of fused-ring (bicyclic) bond motifs is 3. The van der Waals surface area contributed by atoms with E-state index in [9.17, 15) is 9.59 Å². The van der Waals surface area contributed by atoms with Gasteiger partial charge in [0.2, 0.25) is 11.8 Å². The van der Waals surface area contributed by atoms with E-state index in [4.69, 9.17) is 9.47 Å². The summed E-state index contributed by atoms with van der Waals surface area (Å²) in [7, 11) is 1.68. The van der Waals surface area contributed by atoms with Crippen molar-refractivity contribution in [2.75, 3.05) is 71.0 Å². The first-order chi connectivity index (χ1) is 17.6. The summed E-state index contributed by atoms with van der Waals surface area (Å²) >= 11 is 0. The van der Waals surface area contributed by atoms with Crippen LogP contribution in [0.15, 0.2) is 42.6 Å². The van der Waals surface area contributed by atoms with E-state index in [1.165, 1.54) is 0 Å². The van der Waals surface area contributed by atoms with E-state index in [2.05, 4.69) is 32.2 Å². The molecule has 0 saturated carbocycles. The second kappa shape index (κ2) is 11.3. The van der Waals surface area contributed by atoms with Gasteiger partial charge in [0, 0.05) is 69.3 Å². The summed E-state index contributed by atoms with van der Waals surface area (Å²) in [5.74, 6) is 0.816. The first-order valence-electron chi connectivity index (χ1n) is 12.8. The maximum absolute atomic E-state index is 13.5. The number of ether oxygens (including phenoxy) is 2. The van der Waals surface area contributed by atoms with Crippen LogP contribution >= 0.6 is 0 Å². The van der Waals surface area contributed by atoms with Gasteiger partial charge in [-0.15, -0.1) is 0 Å². The summed E-state index contributed by atoms with van der Waals surface area (Å²) in [5.41, 5.74) is 3.26. The van der Waals surface area contributed by atoms with E-state index in [0.717, 1.165) is 35.8 Å². The van der Waals surface area contributed by atoms with Crippen molar-refractivity contribution < 1.29 is 19.1 Å². The second-order valence-electron chi connectivity index (χ2n) is 9.66. The molecular formula is C27H35N5O4. The van der Waals surface area contributed by atoms with Gasteiger partial charge >= 0.3 is 0 Å². The third-order valence-corrected chi connectivity index (χ3v) is 7.47. The molecule has 3 aliphatic heterocycles. The molecule has 3 aliphatic rings. The van der Waals surface area contributed by atoms with Crippen LogP contribution in [0.4, 0.5) is 5.69 Å². The Morgan fingerprint density at radius 3 is 2.78 bits per heavy atom. The Labute approximate surface area is 212 Å². The molecule has 36 heavy (non-hydrogen) atoms. The number of nitrogens with zero attached hydrogens (tertiary/aromatic N) is 4. The summed E-state index contributed by atoms with van der Waals surface area (Å²) in [6, 6.07) is 11.9. The van der Waals surface area contributed by atoms with Crippen molar-refractivity contribution in [2.24, 2.45) is 5.92 Å². The van der Waals surface area contributed by atoms with Crippen molar-refractivity contribution in [1.29, 1.82) is 0 Å². The van der Waals surface area contributed by atoms with Crippen LogP contribution in [-0.4, -0.2) is 98.8 Å². The molecule has 2 saturated heterocycles. The van der Waals surface area contributed by atoms with Gasteiger partial charge < -0.3 is 24.6 Å². The number of hydrogen-bond acceptors (Lipinski definition) is 7. The van der Waals surface area contributed by atoms with Crippen LogP contribution in [0.5, 0.6) is 5.75 Å². The number of carbonyl (C=O) groups excluding carboxylic acids is 2. The largest absolute Gasteiger partial charge is 0.497 e. The lowest BCUT2D eigenvalue weighted by molar-refractivity contribution is -0.136. The van der Waals surface area contributed by atoms with Gasteiger partial charge in [0.25, 0.3) is 0 Å². The molecule has 192 valence electrons. The highest BCUT2D eigenvalue weighted by molar-refractivity contribution is 5.82. The topological polar surface area (TPSA) is 87.2 Å². The Morgan fingerprint density at radius 2 is 2.00 bits per heavy atom. The molecule has 0 unspecified atom stereocenters. The minimum absolute atomic E-state index is 0.00862. The number of amides is 2. The smallest absolute Gasteiger partial charge is 0.236 e. The molecule has 2 fully saturated rings. The lowest BCUT2D eigenvalue weighted by Gasteiger charge is -2.49. The number of pyridine rings is 1. The fourth-order valence-electron chi connectivity index (χ4n) is 5.50. The molecule has 0 radical (unpaired) electrons. The molecule has 4 heterocycles. The zero-order valence-electron chi connectivity index (χ0n) is 20.9. The van der Waals surface area contributed by atoms with Crippen LogP contribution in [0.25, 0.3) is 0 Å². The Kier molecular flexibility index (Phi) is 7.67. The quantitative estimate of drug-likeness (QED) is 0.615.